The highest BCUT2D eigenvalue weighted by atomic mass is 32.2. The number of para-hydroxylation sites is 3. The second kappa shape index (κ2) is 8.73. The van der Waals surface area contributed by atoms with Crippen molar-refractivity contribution in [2.75, 3.05) is 26.7 Å². The lowest BCUT2D eigenvalue weighted by Gasteiger charge is -2.40. The topological polar surface area (TPSA) is 71.4 Å². The lowest BCUT2D eigenvalue weighted by atomic mass is 10.1. The van der Waals surface area contributed by atoms with E-state index in [0.29, 0.717) is 41.9 Å². The van der Waals surface area contributed by atoms with Crippen LogP contribution in [0.3, 0.4) is 0 Å². The van der Waals surface area contributed by atoms with E-state index in [4.69, 9.17) is 14.5 Å². The summed E-state index contributed by atoms with van der Waals surface area (Å²) in [5, 5.41) is 0. The summed E-state index contributed by atoms with van der Waals surface area (Å²) in [6, 6.07) is 17.7. The number of sulfonamides is 1. The minimum atomic E-state index is -3.75. The standard InChI is InChI=1S/C25H24FN3O4S/c1-17-16-28(14-15-29(17)34(30,31)19-12-10-18(26)11-13-19)25-20-6-5-9-23(32-2)24(20)33-22-8-4-3-7-21(22)27-25/h3-13,17H,14-16H2,1-2H3/t17-/m0/s1. The van der Waals surface area contributed by atoms with E-state index < -0.39 is 15.8 Å². The van der Waals surface area contributed by atoms with Gasteiger partial charge in [-0.2, -0.15) is 4.31 Å². The number of benzene rings is 3. The van der Waals surface area contributed by atoms with Crippen molar-refractivity contribution < 1.29 is 22.3 Å². The number of piperazine rings is 1. The Balaban J connectivity index is 1.49. The second-order valence-electron chi connectivity index (χ2n) is 8.21. The van der Waals surface area contributed by atoms with Gasteiger partial charge in [0.1, 0.15) is 17.3 Å². The molecule has 0 radical (unpaired) electrons. The van der Waals surface area contributed by atoms with E-state index in [2.05, 4.69) is 4.90 Å². The Hall–Kier alpha value is -3.43. The van der Waals surface area contributed by atoms with Gasteiger partial charge in [0.15, 0.2) is 17.2 Å². The summed E-state index contributed by atoms with van der Waals surface area (Å²) in [5.74, 6) is 2.01. The van der Waals surface area contributed by atoms with Gasteiger partial charge in [-0.1, -0.05) is 18.2 Å². The highest BCUT2D eigenvalue weighted by Gasteiger charge is 2.36. The number of halogens is 1. The van der Waals surface area contributed by atoms with Crippen LogP contribution in [0.4, 0.5) is 10.1 Å². The fourth-order valence-electron chi connectivity index (χ4n) is 4.35. The molecule has 0 amide bonds. The molecule has 0 aliphatic carbocycles. The maximum atomic E-state index is 13.3. The molecular weight excluding hydrogens is 457 g/mol. The molecular formula is C25H24FN3O4S. The van der Waals surface area contributed by atoms with E-state index in [1.807, 2.05) is 49.4 Å². The molecule has 1 saturated heterocycles. The molecule has 2 heterocycles. The Kier molecular flexibility index (Phi) is 5.75. The van der Waals surface area contributed by atoms with Crippen molar-refractivity contribution in [3.8, 4) is 17.2 Å². The maximum Gasteiger partial charge on any atom is 0.243 e. The number of ether oxygens (including phenoxy) is 2. The van der Waals surface area contributed by atoms with Crippen LogP contribution in [-0.4, -0.2) is 56.2 Å². The van der Waals surface area contributed by atoms with E-state index in [1.54, 1.807) is 7.11 Å². The van der Waals surface area contributed by atoms with Crippen LogP contribution in [0.15, 0.2) is 76.6 Å². The smallest absolute Gasteiger partial charge is 0.243 e. The Bertz CT molecular complexity index is 1360. The molecule has 0 N–H and O–H groups in total. The van der Waals surface area contributed by atoms with Crippen molar-refractivity contribution >= 4 is 21.5 Å². The Morgan fingerprint density at radius 1 is 1.03 bits per heavy atom. The van der Waals surface area contributed by atoms with Crippen LogP contribution >= 0.6 is 0 Å². The number of fused-ring (bicyclic) bond motifs is 2. The predicted molar refractivity (Wildman–Crippen MR) is 127 cm³/mol. The summed E-state index contributed by atoms with van der Waals surface area (Å²) in [5.41, 5.74) is 1.46. The van der Waals surface area contributed by atoms with E-state index in [9.17, 15) is 12.8 Å². The minimum Gasteiger partial charge on any atom is -0.493 e. The zero-order chi connectivity index (χ0) is 23.9. The summed E-state index contributed by atoms with van der Waals surface area (Å²) in [7, 11) is -2.16. The normalized spacial score (nSPS) is 18.3. The first-order valence-corrected chi connectivity index (χ1v) is 12.4. The molecule has 5 rings (SSSR count). The monoisotopic (exact) mass is 481 g/mol. The average molecular weight is 482 g/mol. The molecule has 0 aromatic heterocycles. The summed E-state index contributed by atoms with van der Waals surface area (Å²) >= 11 is 0. The van der Waals surface area contributed by atoms with Crippen molar-refractivity contribution in [1.29, 1.82) is 0 Å². The number of hydrogen-bond donors (Lipinski definition) is 0. The zero-order valence-corrected chi connectivity index (χ0v) is 19.6. The molecule has 3 aromatic rings. The number of aliphatic imine (C=N–C) groups is 1. The van der Waals surface area contributed by atoms with Crippen molar-refractivity contribution in [3.05, 3.63) is 78.1 Å². The van der Waals surface area contributed by atoms with E-state index >= 15 is 0 Å². The van der Waals surface area contributed by atoms with E-state index in [1.165, 1.54) is 16.4 Å². The molecule has 0 spiro atoms. The van der Waals surface area contributed by atoms with Gasteiger partial charge in [0.05, 0.1) is 17.6 Å². The van der Waals surface area contributed by atoms with Crippen LogP contribution < -0.4 is 9.47 Å². The van der Waals surface area contributed by atoms with Crippen LogP contribution in [0.2, 0.25) is 0 Å². The molecule has 0 unspecified atom stereocenters. The van der Waals surface area contributed by atoms with Gasteiger partial charge >= 0.3 is 0 Å². The Morgan fingerprint density at radius 3 is 2.53 bits per heavy atom. The first-order chi connectivity index (χ1) is 16.4. The van der Waals surface area contributed by atoms with Crippen molar-refractivity contribution in [1.82, 2.24) is 9.21 Å². The minimum absolute atomic E-state index is 0.0819. The van der Waals surface area contributed by atoms with Gasteiger partial charge < -0.3 is 14.4 Å². The molecule has 9 heteroatoms. The maximum absolute atomic E-state index is 13.3. The van der Waals surface area contributed by atoms with Gasteiger partial charge in [-0.15, -0.1) is 0 Å². The largest absolute Gasteiger partial charge is 0.493 e. The molecule has 0 bridgehead atoms. The fraction of sp³-hybridized carbons (Fsp3) is 0.240. The number of amidine groups is 1. The van der Waals surface area contributed by atoms with E-state index in [-0.39, 0.29) is 17.5 Å². The van der Waals surface area contributed by atoms with Crippen LogP contribution in [0.25, 0.3) is 0 Å². The molecule has 1 atom stereocenters. The van der Waals surface area contributed by atoms with Crippen LogP contribution in [-0.2, 0) is 10.0 Å². The van der Waals surface area contributed by atoms with Gasteiger partial charge in [0, 0.05) is 25.7 Å². The van der Waals surface area contributed by atoms with Crippen molar-refractivity contribution in [3.63, 3.8) is 0 Å². The average Bonchev–Trinajstić information content (AvgIpc) is 3.01. The summed E-state index contributed by atoms with van der Waals surface area (Å²) in [6.45, 7) is 2.99. The first kappa shape index (κ1) is 22.4. The third kappa shape index (κ3) is 3.91. The van der Waals surface area contributed by atoms with Crippen LogP contribution in [0.5, 0.6) is 17.2 Å². The molecule has 0 saturated carbocycles. The second-order valence-corrected chi connectivity index (χ2v) is 10.1. The number of nitrogens with zero attached hydrogens (tertiary/aromatic N) is 3. The molecule has 7 nitrogen and oxygen atoms in total. The van der Waals surface area contributed by atoms with Gasteiger partial charge in [-0.3, -0.25) is 0 Å². The lowest BCUT2D eigenvalue weighted by molar-refractivity contribution is 0.205. The first-order valence-electron chi connectivity index (χ1n) is 10.9. The Morgan fingerprint density at radius 2 is 1.79 bits per heavy atom. The molecule has 2 aliphatic rings. The quantitative estimate of drug-likeness (QED) is 0.554. The SMILES string of the molecule is COc1cccc2c1Oc1ccccc1N=C2N1CCN(S(=O)(=O)c2ccc(F)cc2)[C@@H](C)C1. The number of rotatable bonds is 3. The van der Waals surface area contributed by atoms with Crippen molar-refractivity contribution in [2.45, 2.75) is 17.9 Å². The van der Waals surface area contributed by atoms with Gasteiger partial charge in [-0.25, -0.2) is 17.8 Å². The van der Waals surface area contributed by atoms with Crippen LogP contribution in [0, 0.1) is 5.82 Å². The van der Waals surface area contributed by atoms with E-state index in [0.717, 1.165) is 17.7 Å². The van der Waals surface area contributed by atoms with Gasteiger partial charge in [0.2, 0.25) is 10.0 Å². The lowest BCUT2D eigenvalue weighted by Crippen LogP contribution is -2.55. The predicted octanol–water partition coefficient (Wildman–Crippen LogP) is 4.41. The highest BCUT2D eigenvalue weighted by Crippen LogP contribution is 2.43. The third-order valence-electron chi connectivity index (χ3n) is 6.03. The third-order valence-corrected chi connectivity index (χ3v) is 8.06. The molecule has 1 fully saturated rings. The fourth-order valence-corrected chi connectivity index (χ4v) is 5.96. The summed E-state index contributed by atoms with van der Waals surface area (Å²) in [4.78, 5) is 7.08. The molecule has 2 aliphatic heterocycles. The number of methoxy groups -OCH3 is 1. The van der Waals surface area contributed by atoms with Crippen molar-refractivity contribution in [2.24, 2.45) is 4.99 Å². The summed E-state index contributed by atoms with van der Waals surface area (Å²) in [6.07, 6.45) is 0. The number of hydrogen-bond acceptors (Lipinski definition) is 6. The molecule has 34 heavy (non-hydrogen) atoms. The van der Waals surface area contributed by atoms with Gasteiger partial charge in [0.25, 0.3) is 0 Å². The summed E-state index contributed by atoms with van der Waals surface area (Å²) < 4.78 is 53.0. The highest BCUT2D eigenvalue weighted by molar-refractivity contribution is 7.89. The van der Waals surface area contributed by atoms with Gasteiger partial charge in [-0.05, 0) is 55.5 Å². The Labute approximate surface area is 198 Å². The molecule has 176 valence electrons. The molecule has 3 aromatic carbocycles. The zero-order valence-electron chi connectivity index (χ0n) is 18.8. The van der Waals surface area contributed by atoms with Crippen LogP contribution in [0.1, 0.15) is 12.5 Å².